The summed E-state index contributed by atoms with van der Waals surface area (Å²) in [7, 11) is 0. The molecule has 0 bridgehead atoms. The number of fused-ring (bicyclic) bond motifs is 1. The zero-order chi connectivity index (χ0) is 9.42. The number of amides is 2. The van der Waals surface area contributed by atoms with Gasteiger partial charge in [-0.25, -0.2) is 0 Å². The fourth-order valence-electron chi connectivity index (χ4n) is 2.30. The van der Waals surface area contributed by atoms with Gasteiger partial charge in [-0.2, -0.15) is 0 Å². The predicted octanol–water partition coefficient (Wildman–Crippen LogP) is 0.861. The fraction of sp³-hybridized carbons (Fsp3) is 0.600. The minimum Gasteiger partial charge on any atom is -0.296 e. The molecule has 1 heterocycles. The van der Waals surface area contributed by atoms with Crippen LogP contribution in [0.1, 0.15) is 19.8 Å². The molecule has 0 aromatic rings. The quantitative estimate of drug-likeness (QED) is 0.479. The van der Waals surface area contributed by atoms with E-state index >= 15 is 0 Å². The lowest BCUT2D eigenvalue weighted by atomic mass is 9.76. The maximum absolute atomic E-state index is 11.4. The Hall–Kier alpha value is -1.12. The van der Waals surface area contributed by atoms with E-state index in [4.69, 9.17) is 0 Å². The van der Waals surface area contributed by atoms with Crippen LogP contribution in [0.5, 0.6) is 0 Å². The van der Waals surface area contributed by atoms with Crippen LogP contribution in [0.3, 0.4) is 0 Å². The molecule has 2 amide bonds. The topological polar surface area (TPSA) is 46.2 Å². The van der Waals surface area contributed by atoms with Crippen LogP contribution in [0.25, 0.3) is 0 Å². The van der Waals surface area contributed by atoms with Gasteiger partial charge in [0, 0.05) is 0 Å². The Morgan fingerprint density at radius 1 is 1.46 bits per heavy atom. The first-order valence-corrected chi connectivity index (χ1v) is 4.75. The molecule has 2 aliphatic rings. The molecular formula is C10H13NO2. The first kappa shape index (κ1) is 8.48. The van der Waals surface area contributed by atoms with Gasteiger partial charge >= 0.3 is 0 Å². The van der Waals surface area contributed by atoms with Crippen molar-refractivity contribution in [3.8, 4) is 0 Å². The van der Waals surface area contributed by atoms with E-state index in [1.807, 2.05) is 13.0 Å². The van der Waals surface area contributed by atoms with Crippen molar-refractivity contribution in [2.24, 2.45) is 17.8 Å². The van der Waals surface area contributed by atoms with Gasteiger partial charge in [-0.05, 0) is 18.8 Å². The Kier molecular flexibility index (Phi) is 1.94. The summed E-state index contributed by atoms with van der Waals surface area (Å²) in [6.07, 6.45) is 5.74. The molecule has 70 valence electrons. The second-order valence-electron chi connectivity index (χ2n) is 3.72. The predicted molar refractivity (Wildman–Crippen MR) is 47.7 cm³/mol. The summed E-state index contributed by atoms with van der Waals surface area (Å²) >= 11 is 0. The number of hydrogen-bond donors (Lipinski definition) is 1. The summed E-state index contributed by atoms with van der Waals surface area (Å²) in [6, 6.07) is 0. The molecule has 1 fully saturated rings. The van der Waals surface area contributed by atoms with Gasteiger partial charge in [0.25, 0.3) is 0 Å². The fourth-order valence-corrected chi connectivity index (χ4v) is 2.30. The standard InChI is InChI=1S/C10H13NO2/c1-2-6-4-3-5-7-8(6)10(13)11-9(7)12/h3-4,6-8H,2,5H2,1H3,(H,11,12,13)/t6?,7-,8+/m0/s1. The zero-order valence-electron chi connectivity index (χ0n) is 7.62. The molecule has 3 nitrogen and oxygen atoms in total. The van der Waals surface area contributed by atoms with E-state index in [0.717, 1.165) is 12.8 Å². The smallest absolute Gasteiger partial charge is 0.231 e. The number of allylic oxidation sites excluding steroid dienone is 2. The lowest BCUT2D eigenvalue weighted by Crippen LogP contribution is -2.27. The molecule has 1 saturated heterocycles. The maximum Gasteiger partial charge on any atom is 0.231 e. The van der Waals surface area contributed by atoms with Gasteiger partial charge in [0.1, 0.15) is 0 Å². The number of rotatable bonds is 1. The summed E-state index contributed by atoms with van der Waals surface area (Å²) in [5, 5.41) is 2.41. The van der Waals surface area contributed by atoms with Crippen LogP contribution in [-0.2, 0) is 9.59 Å². The van der Waals surface area contributed by atoms with Gasteiger partial charge in [0.05, 0.1) is 11.8 Å². The van der Waals surface area contributed by atoms with Crippen molar-refractivity contribution < 1.29 is 9.59 Å². The Labute approximate surface area is 77.2 Å². The summed E-state index contributed by atoms with van der Waals surface area (Å²) in [6.45, 7) is 2.05. The van der Waals surface area contributed by atoms with Crippen LogP contribution >= 0.6 is 0 Å². The van der Waals surface area contributed by atoms with Crippen molar-refractivity contribution >= 4 is 11.8 Å². The lowest BCUT2D eigenvalue weighted by molar-refractivity contribution is -0.126. The van der Waals surface area contributed by atoms with Crippen LogP contribution in [0.4, 0.5) is 0 Å². The zero-order valence-corrected chi connectivity index (χ0v) is 7.62. The molecule has 13 heavy (non-hydrogen) atoms. The average Bonchev–Trinajstić information content (AvgIpc) is 2.43. The molecule has 1 aliphatic heterocycles. The van der Waals surface area contributed by atoms with Crippen LogP contribution < -0.4 is 5.32 Å². The molecule has 0 saturated carbocycles. The van der Waals surface area contributed by atoms with E-state index in [2.05, 4.69) is 11.4 Å². The van der Waals surface area contributed by atoms with Gasteiger partial charge in [0.2, 0.25) is 11.8 Å². The van der Waals surface area contributed by atoms with Crippen molar-refractivity contribution in [1.82, 2.24) is 5.32 Å². The van der Waals surface area contributed by atoms with Crippen molar-refractivity contribution in [3.63, 3.8) is 0 Å². The minimum atomic E-state index is -0.0950. The number of imide groups is 1. The highest BCUT2D eigenvalue weighted by Crippen LogP contribution is 2.35. The minimum absolute atomic E-state index is 0.0776. The Morgan fingerprint density at radius 3 is 2.92 bits per heavy atom. The monoisotopic (exact) mass is 179 g/mol. The molecule has 3 heteroatoms. The molecule has 1 N–H and O–H groups in total. The molecule has 0 aromatic heterocycles. The molecule has 0 radical (unpaired) electrons. The van der Waals surface area contributed by atoms with Crippen LogP contribution in [0.2, 0.25) is 0 Å². The molecular weight excluding hydrogens is 166 g/mol. The van der Waals surface area contributed by atoms with Crippen molar-refractivity contribution in [3.05, 3.63) is 12.2 Å². The second kappa shape index (κ2) is 2.98. The second-order valence-corrected chi connectivity index (χ2v) is 3.72. The Balaban J connectivity index is 2.29. The van der Waals surface area contributed by atoms with Gasteiger partial charge < -0.3 is 0 Å². The number of hydrogen-bond acceptors (Lipinski definition) is 2. The summed E-state index contributed by atoms with van der Waals surface area (Å²) in [5.41, 5.74) is 0. The summed E-state index contributed by atoms with van der Waals surface area (Å²) in [5.74, 6) is -0.0980. The highest BCUT2D eigenvalue weighted by molar-refractivity contribution is 6.05. The molecule has 1 unspecified atom stereocenters. The molecule has 0 aromatic carbocycles. The average molecular weight is 179 g/mol. The first-order valence-electron chi connectivity index (χ1n) is 4.75. The SMILES string of the molecule is CCC1C=CC[C@@H]2C(=O)NC(=O)[C@H]12. The van der Waals surface area contributed by atoms with Gasteiger partial charge in [-0.1, -0.05) is 19.1 Å². The highest BCUT2D eigenvalue weighted by atomic mass is 16.2. The Morgan fingerprint density at radius 2 is 2.23 bits per heavy atom. The molecule has 0 spiro atoms. The van der Waals surface area contributed by atoms with E-state index in [1.54, 1.807) is 0 Å². The van der Waals surface area contributed by atoms with Crippen LogP contribution in [0.15, 0.2) is 12.2 Å². The van der Waals surface area contributed by atoms with E-state index in [-0.39, 0.29) is 29.6 Å². The van der Waals surface area contributed by atoms with E-state index < -0.39 is 0 Å². The van der Waals surface area contributed by atoms with Crippen molar-refractivity contribution in [2.75, 3.05) is 0 Å². The first-order chi connectivity index (χ1) is 6.24. The van der Waals surface area contributed by atoms with Gasteiger partial charge in [-0.3, -0.25) is 14.9 Å². The normalized spacial score (nSPS) is 37.5. The largest absolute Gasteiger partial charge is 0.296 e. The maximum atomic E-state index is 11.4. The van der Waals surface area contributed by atoms with Crippen molar-refractivity contribution in [2.45, 2.75) is 19.8 Å². The van der Waals surface area contributed by atoms with Gasteiger partial charge in [-0.15, -0.1) is 0 Å². The van der Waals surface area contributed by atoms with Crippen LogP contribution in [0, 0.1) is 17.8 Å². The Bertz CT molecular complexity index is 283. The molecule has 1 aliphatic carbocycles. The van der Waals surface area contributed by atoms with E-state index in [1.165, 1.54) is 0 Å². The number of nitrogens with one attached hydrogen (secondary N) is 1. The van der Waals surface area contributed by atoms with Gasteiger partial charge in [0.15, 0.2) is 0 Å². The number of carbonyl (C=O) groups excluding carboxylic acids is 2. The van der Waals surface area contributed by atoms with E-state index in [9.17, 15) is 9.59 Å². The number of carbonyl (C=O) groups is 2. The van der Waals surface area contributed by atoms with Crippen molar-refractivity contribution in [1.29, 1.82) is 0 Å². The summed E-state index contributed by atoms with van der Waals surface area (Å²) < 4.78 is 0. The summed E-state index contributed by atoms with van der Waals surface area (Å²) in [4.78, 5) is 22.7. The third-order valence-electron chi connectivity index (χ3n) is 3.03. The van der Waals surface area contributed by atoms with Crippen LogP contribution in [-0.4, -0.2) is 11.8 Å². The third kappa shape index (κ3) is 1.19. The molecule has 2 rings (SSSR count). The highest BCUT2D eigenvalue weighted by Gasteiger charge is 2.45. The third-order valence-corrected chi connectivity index (χ3v) is 3.03. The van der Waals surface area contributed by atoms with E-state index in [0.29, 0.717) is 0 Å². The molecule has 3 atom stereocenters. The lowest BCUT2D eigenvalue weighted by Gasteiger charge is -2.24.